The van der Waals surface area contributed by atoms with Gasteiger partial charge in [0.05, 0.1) is 6.10 Å². The Balaban J connectivity index is 2.80. The number of carbonyl (C=O) groups is 1. The number of ether oxygens (including phenoxy) is 1. The predicted molar refractivity (Wildman–Crippen MR) is 84.4 cm³/mol. The number of aliphatic hydroxyl groups excluding tert-OH is 1. The van der Waals surface area contributed by atoms with Gasteiger partial charge < -0.3 is 15.2 Å². The molecule has 4 heteroatoms. The maximum Gasteiger partial charge on any atom is 0.260 e. The van der Waals surface area contributed by atoms with Gasteiger partial charge in [0.15, 0.2) is 6.10 Å². The SMILES string of the molecule is CCC(CC)NC(=O)C(C)Oc1cc(C)ccc1[C@H](C)O. The minimum atomic E-state index is -0.630. The third-order valence-corrected chi connectivity index (χ3v) is 3.62. The van der Waals surface area contributed by atoms with E-state index in [9.17, 15) is 9.90 Å². The Morgan fingerprint density at radius 3 is 2.43 bits per heavy atom. The van der Waals surface area contributed by atoms with Crippen molar-refractivity contribution in [3.63, 3.8) is 0 Å². The van der Waals surface area contributed by atoms with Gasteiger partial charge in [0.1, 0.15) is 5.75 Å². The van der Waals surface area contributed by atoms with Crippen LogP contribution in [0.1, 0.15) is 57.8 Å². The molecule has 1 unspecified atom stereocenters. The molecule has 1 amide bonds. The third-order valence-electron chi connectivity index (χ3n) is 3.62. The summed E-state index contributed by atoms with van der Waals surface area (Å²) in [6, 6.07) is 5.78. The van der Waals surface area contributed by atoms with E-state index in [1.165, 1.54) is 0 Å². The average Bonchev–Trinajstić information content (AvgIpc) is 2.44. The van der Waals surface area contributed by atoms with Crippen LogP contribution in [0.4, 0.5) is 0 Å². The molecule has 0 aliphatic rings. The largest absolute Gasteiger partial charge is 0.481 e. The molecule has 2 atom stereocenters. The van der Waals surface area contributed by atoms with E-state index in [1.54, 1.807) is 13.8 Å². The monoisotopic (exact) mass is 293 g/mol. The van der Waals surface area contributed by atoms with E-state index >= 15 is 0 Å². The van der Waals surface area contributed by atoms with E-state index < -0.39 is 12.2 Å². The Hall–Kier alpha value is -1.55. The van der Waals surface area contributed by atoms with Crippen LogP contribution in [-0.4, -0.2) is 23.2 Å². The van der Waals surface area contributed by atoms with Gasteiger partial charge in [-0.05, 0) is 45.2 Å². The van der Waals surface area contributed by atoms with Crippen LogP contribution in [0.25, 0.3) is 0 Å². The molecule has 0 aliphatic heterocycles. The highest BCUT2D eigenvalue weighted by atomic mass is 16.5. The Labute approximate surface area is 127 Å². The fraction of sp³-hybridized carbons (Fsp3) is 0.588. The van der Waals surface area contributed by atoms with Crippen LogP contribution in [0.3, 0.4) is 0 Å². The summed E-state index contributed by atoms with van der Waals surface area (Å²) in [5, 5.41) is 12.8. The highest BCUT2D eigenvalue weighted by Gasteiger charge is 2.19. The molecular weight excluding hydrogens is 266 g/mol. The van der Waals surface area contributed by atoms with Gasteiger partial charge in [0.25, 0.3) is 5.91 Å². The molecule has 0 spiro atoms. The van der Waals surface area contributed by atoms with Crippen molar-refractivity contribution in [1.29, 1.82) is 0 Å². The van der Waals surface area contributed by atoms with Gasteiger partial charge in [-0.25, -0.2) is 0 Å². The first-order valence-electron chi connectivity index (χ1n) is 7.64. The molecule has 0 aromatic heterocycles. The number of hydrogen-bond acceptors (Lipinski definition) is 3. The van der Waals surface area contributed by atoms with E-state index in [4.69, 9.17) is 4.74 Å². The number of aliphatic hydroxyl groups is 1. The van der Waals surface area contributed by atoms with Crippen molar-refractivity contribution in [2.24, 2.45) is 0 Å². The van der Waals surface area contributed by atoms with Gasteiger partial charge in [-0.15, -0.1) is 0 Å². The molecule has 0 aliphatic carbocycles. The molecule has 21 heavy (non-hydrogen) atoms. The number of aryl methyl sites for hydroxylation is 1. The lowest BCUT2D eigenvalue weighted by Crippen LogP contribution is -2.42. The Morgan fingerprint density at radius 1 is 1.29 bits per heavy atom. The van der Waals surface area contributed by atoms with Crippen molar-refractivity contribution in [3.05, 3.63) is 29.3 Å². The van der Waals surface area contributed by atoms with Crippen molar-refractivity contribution in [2.75, 3.05) is 0 Å². The van der Waals surface area contributed by atoms with Gasteiger partial charge in [-0.2, -0.15) is 0 Å². The topological polar surface area (TPSA) is 58.6 Å². The quantitative estimate of drug-likeness (QED) is 0.812. The van der Waals surface area contributed by atoms with Gasteiger partial charge in [-0.3, -0.25) is 4.79 Å². The molecule has 2 N–H and O–H groups in total. The van der Waals surface area contributed by atoms with E-state index in [-0.39, 0.29) is 11.9 Å². The van der Waals surface area contributed by atoms with Crippen LogP contribution in [0.15, 0.2) is 18.2 Å². The van der Waals surface area contributed by atoms with E-state index in [0.29, 0.717) is 11.3 Å². The molecule has 1 rings (SSSR count). The maximum atomic E-state index is 12.1. The van der Waals surface area contributed by atoms with Crippen molar-refractivity contribution < 1.29 is 14.6 Å². The smallest absolute Gasteiger partial charge is 0.260 e. The standard InChI is InChI=1S/C17H27NO3/c1-6-14(7-2)18-17(20)13(5)21-16-10-11(3)8-9-15(16)12(4)19/h8-10,12-14,19H,6-7H2,1-5H3,(H,18,20)/t12-,13?/m0/s1. The molecule has 0 heterocycles. The van der Waals surface area contributed by atoms with Crippen LogP contribution in [0, 0.1) is 6.92 Å². The van der Waals surface area contributed by atoms with Crippen molar-refractivity contribution in [2.45, 2.75) is 65.7 Å². The van der Waals surface area contributed by atoms with Gasteiger partial charge in [0, 0.05) is 11.6 Å². The summed E-state index contributed by atoms with van der Waals surface area (Å²) in [5.41, 5.74) is 1.73. The number of nitrogens with one attached hydrogen (secondary N) is 1. The fourth-order valence-corrected chi connectivity index (χ4v) is 2.14. The summed E-state index contributed by atoms with van der Waals surface area (Å²) < 4.78 is 5.77. The van der Waals surface area contributed by atoms with Gasteiger partial charge >= 0.3 is 0 Å². The lowest BCUT2D eigenvalue weighted by Gasteiger charge is -2.21. The molecule has 0 radical (unpaired) electrons. The first-order valence-corrected chi connectivity index (χ1v) is 7.64. The molecule has 0 bridgehead atoms. The minimum absolute atomic E-state index is 0.123. The third kappa shape index (κ3) is 5.05. The minimum Gasteiger partial charge on any atom is -0.481 e. The van der Waals surface area contributed by atoms with Crippen LogP contribution in [0.5, 0.6) is 5.75 Å². The van der Waals surface area contributed by atoms with Crippen molar-refractivity contribution in [3.8, 4) is 5.75 Å². The number of rotatable bonds is 7. The second-order valence-corrected chi connectivity index (χ2v) is 5.50. The molecule has 118 valence electrons. The summed E-state index contributed by atoms with van der Waals surface area (Å²) in [6.07, 6.45) is 0.580. The van der Waals surface area contributed by atoms with Crippen LogP contribution in [0.2, 0.25) is 0 Å². The van der Waals surface area contributed by atoms with Gasteiger partial charge in [0.2, 0.25) is 0 Å². The zero-order valence-electron chi connectivity index (χ0n) is 13.6. The number of carbonyl (C=O) groups excluding carboxylic acids is 1. The Bertz CT molecular complexity index is 467. The van der Waals surface area contributed by atoms with Crippen LogP contribution in [-0.2, 0) is 4.79 Å². The van der Waals surface area contributed by atoms with E-state index in [2.05, 4.69) is 5.32 Å². The Morgan fingerprint density at radius 2 is 1.90 bits per heavy atom. The highest BCUT2D eigenvalue weighted by molar-refractivity contribution is 5.81. The van der Waals surface area contributed by atoms with E-state index in [0.717, 1.165) is 18.4 Å². The highest BCUT2D eigenvalue weighted by Crippen LogP contribution is 2.27. The van der Waals surface area contributed by atoms with Crippen molar-refractivity contribution in [1.82, 2.24) is 5.32 Å². The average molecular weight is 293 g/mol. The van der Waals surface area contributed by atoms with Crippen molar-refractivity contribution >= 4 is 5.91 Å². The maximum absolute atomic E-state index is 12.1. The summed E-state index contributed by atoms with van der Waals surface area (Å²) >= 11 is 0. The predicted octanol–water partition coefficient (Wildman–Crippen LogP) is 3.12. The number of amides is 1. The van der Waals surface area contributed by atoms with Crippen LogP contribution >= 0.6 is 0 Å². The summed E-state index contributed by atoms with van der Waals surface area (Å²) in [7, 11) is 0. The number of hydrogen-bond donors (Lipinski definition) is 2. The zero-order valence-corrected chi connectivity index (χ0v) is 13.6. The Kier molecular flexibility index (Phi) is 6.69. The molecule has 1 aromatic rings. The zero-order chi connectivity index (χ0) is 16.0. The first kappa shape index (κ1) is 17.5. The summed E-state index contributed by atoms with van der Waals surface area (Å²) in [5.74, 6) is 0.443. The lowest BCUT2D eigenvalue weighted by molar-refractivity contribution is -0.128. The molecule has 0 fully saturated rings. The molecule has 0 saturated heterocycles. The van der Waals surface area contributed by atoms with Crippen LogP contribution < -0.4 is 10.1 Å². The first-order chi connectivity index (χ1) is 9.88. The van der Waals surface area contributed by atoms with Gasteiger partial charge in [-0.1, -0.05) is 26.0 Å². The fourth-order valence-electron chi connectivity index (χ4n) is 2.14. The summed E-state index contributed by atoms with van der Waals surface area (Å²) in [6.45, 7) is 9.46. The normalized spacial score (nSPS) is 13.9. The summed E-state index contributed by atoms with van der Waals surface area (Å²) in [4.78, 5) is 12.1. The lowest BCUT2D eigenvalue weighted by atomic mass is 10.1. The van der Waals surface area contributed by atoms with E-state index in [1.807, 2.05) is 39.0 Å². The molecule has 1 aromatic carbocycles. The second-order valence-electron chi connectivity index (χ2n) is 5.50. The molecule has 0 saturated carbocycles. The molecule has 4 nitrogen and oxygen atoms in total. The second kappa shape index (κ2) is 8.03. The number of benzene rings is 1. The molecular formula is C17H27NO3.